The number of halogens is 3. The van der Waals surface area contributed by atoms with Gasteiger partial charge in [-0.25, -0.2) is 4.98 Å². The lowest BCUT2D eigenvalue weighted by molar-refractivity contribution is -0.156. The predicted octanol–water partition coefficient (Wildman–Crippen LogP) is 4.81. The number of piperazine rings is 1. The van der Waals surface area contributed by atoms with E-state index in [1.54, 1.807) is 4.90 Å². The van der Waals surface area contributed by atoms with E-state index < -0.39 is 12.7 Å². The molecule has 5 nitrogen and oxygen atoms in total. The van der Waals surface area contributed by atoms with E-state index in [1.807, 2.05) is 26.8 Å². The number of nitrogens with one attached hydrogen (secondary N) is 1. The second-order valence-electron chi connectivity index (χ2n) is 11.4. The average Bonchev–Trinajstić information content (AvgIpc) is 2.66. The van der Waals surface area contributed by atoms with Crippen molar-refractivity contribution >= 4 is 11.5 Å². The molecule has 7 atom stereocenters. The summed E-state index contributed by atoms with van der Waals surface area (Å²) in [6.07, 6.45) is 0.297. The predicted molar refractivity (Wildman–Crippen MR) is 127 cm³/mol. The van der Waals surface area contributed by atoms with Crippen molar-refractivity contribution in [1.29, 1.82) is 0 Å². The van der Waals surface area contributed by atoms with E-state index in [1.165, 1.54) is 6.42 Å². The maximum Gasteiger partial charge on any atom is 0.401 e. The van der Waals surface area contributed by atoms with Crippen LogP contribution in [0.2, 0.25) is 0 Å². The number of hydrogen-bond donors (Lipinski definition) is 2. The van der Waals surface area contributed by atoms with Gasteiger partial charge in [0.2, 0.25) is 0 Å². The number of pyridine rings is 1. The minimum absolute atomic E-state index is 0.0152. The minimum Gasteiger partial charge on any atom is -0.380 e. The summed E-state index contributed by atoms with van der Waals surface area (Å²) < 4.78 is 38.9. The second kappa shape index (κ2) is 8.91. The van der Waals surface area contributed by atoms with Crippen molar-refractivity contribution in [1.82, 2.24) is 9.88 Å². The first-order chi connectivity index (χ1) is 15.3. The summed E-state index contributed by atoms with van der Waals surface area (Å²) in [5.41, 5.74) is 8.70. The van der Waals surface area contributed by atoms with Gasteiger partial charge in [0.1, 0.15) is 5.82 Å². The van der Waals surface area contributed by atoms with Crippen molar-refractivity contribution < 1.29 is 13.2 Å². The number of nitrogens with zero attached hydrogens (tertiary/aromatic N) is 3. The molecule has 186 valence electrons. The Bertz CT molecular complexity index is 830. The van der Waals surface area contributed by atoms with Crippen LogP contribution in [0.1, 0.15) is 59.1 Å². The standard InChI is InChI=1S/C25H40F3N5/c1-15-8-20-11-24(29,9-15)10-16(2)23(20)31-21-6-7-22(30-19(21)5)32-12-17(3)33(18(4)13-32)14-25(26,27)28/h6-7,15-18,20,23,31H,8-14,29H2,1-5H3/t15?,16?,17-,18+,20?,23?,24?. The zero-order chi connectivity index (χ0) is 24.1. The molecular weight excluding hydrogens is 427 g/mol. The van der Waals surface area contributed by atoms with Crippen LogP contribution in [0.25, 0.3) is 0 Å². The normalized spacial score (nSPS) is 37.8. The fourth-order valence-corrected chi connectivity index (χ4v) is 7.03. The van der Waals surface area contributed by atoms with E-state index in [9.17, 15) is 13.2 Å². The number of hydrogen-bond acceptors (Lipinski definition) is 5. The van der Waals surface area contributed by atoms with E-state index in [-0.39, 0.29) is 17.6 Å². The van der Waals surface area contributed by atoms with Gasteiger partial charge in [0.25, 0.3) is 0 Å². The number of aryl methyl sites for hydroxylation is 1. The first-order valence-corrected chi connectivity index (χ1v) is 12.4. The Kier molecular flexibility index (Phi) is 6.64. The van der Waals surface area contributed by atoms with Gasteiger partial charge in [-0.05, 0) is 76.3 Å². The van der Waals surface area contributed by atoms with Crippen LogP contribution in [0.5, 0.6) is 0 Å². The van der Waals surface area contributed by atoms with Gasteiger partial charge in [-0.15, -0.1) is 0 Å². The van der Waals surface area contributed by atoms with Crippen LogP contribution >= 0.6 is 0 Å². The lowest BCUT2D eigenvalue weighted by Crippen LogP contribution is -2.59. The van der Waals surface area contributed by atoms with Crippen molar-refractivity contribution in [3.8, 4) is 0 Å². The molecule has 5 unspecified atom stereocenters. The summed E-state index contributed by atoms with van der Waals surface area (Å²) in [5, 5.41) is 3.80. The molecule has 33 heavy (non-hydrogen) atoms. The molecule has 2 bridgehead atoms. The average molecular weight is 468 g/mol. The van der Waals surface area contributed by atoms with Crippen LogP contribution in [0.15, 0.2) is 12.1 Å². The lowest BCUT2D eigenvalue weighted by atomic mass is 9.59. The van der Waals surface area contributed by atoms with E-state index in [2.05, 4.69) is 30.1 Å². The Morgan fingerprint density at radius 3 is 2.36 bits per heavy atom. The van der Waals surface area contributed by atoms with Crippen LogP contribution in [0.4, 0.5) is 24.7 Å². The number of fused-ring (bicyclic) bond motifs is 2. The highest BCUT2D eigenvalue weighted by molar-refractivity contribution is 5.54. The highest BCUT2D eigenvalue weighted by Crippen LogP contribution is 2.47. The van der Waals surface area contributed by atoms with Crippen LogP contribution in [0.3, 0.4) is 0 Å². The largest absolute Gasteiger partial charge is 0.401 e. The molecule has 3 aliphatic rings. The highest BCUT2D eigenvalue weighted by Gasteiger charge is 2.46. The van der Waals surface area contributed by atoms with Gasteiger partial charge < -0.3 is 16.0 Å². The van der Waals surface area contributed by atoms with Crippen LogP contribution in [-0.4, -0.2) is 59.4 Å². The number of alkyl halides is 3. The van der Waals surface area contributed by atoms with Crippen LogP contribution in [0, 0.1) is 24.7 Å². The van der Waals surface area contributed by atoms with Crippen molar-refractivity contribution in [2.75, 3.05) is 29.9 Å². The Morgan fingerprint density at radius 2 is 1.76 bits per heavy atom. The molecular formula is C25H40F3N5. The zero-order valence-electron chi connectivity index (χ0n) is 20.6. The SMILES string of the molecule is Cc1nc(N2C[C@@H](C)N(CC(F)(F)F)[C@@H](C)C2)ccc1NC1C(C)CC2(N)CC(C)CC1C2. The third-order valence-corrected chi connectivity index (χ3v) is 8.16. The van der Waals surface area contributed by atoms with Crippen molar-refractivity contribution in [2.24, 2.45) is 23.5 Å². The Hall–Kier alpha value is -1.54. The molecule has 1 aliphatic heterocycles. The molecule has 0 spiro atoms. The summed E-state index contributed by atoms with van der Waals surface area (Å²) in [7, 11) is 0. The summed E-state index contributed by atoms with van der Waals surface area (Å²) in [4.78, 5) is 8.53. The summed E-state index contributed by atoms with van der Waals surface area (Å²) >= 11 is 0. The molecule has 0 aromatic carbocycles. The van der Waals surface area contributed by atoms with Crippen molar-refractivity contribution in [3.63, 3.8) is 0 Å². The number of nitrogens with two attached hydrogens (primary N) is 1. The fourth-order valence-electron chi connectivity index (χ4n) is 7.03. The number of rotatable bonds is 4. The molecule has 3 N–H and O–H groups in total. The van der Waals surface area contributed by atoms with E-state index >= 15 is 0 Å². The van der Waals surface area contributed by atoms with Gasteiger partial charge >= 0.3 is 6.18 Å². The molecule has 3 fully saturated rings. The van der Waals surface area contributed by atoms with Crippen LogP contribution < -0.4 is 16.0 Å². The molecule has 1 aromatic rings. The lowest BCUT2D eigenvalue weighted by Gasteiger charge is -2.52. The smallest absolute Gasteiger partial charge is 0.380 e. The van der Waals surface area contributed by atoms with Gasteiger partial charge in [0.15, 0.2) is 0 Å². The monoisotopic (exact) mass is 467 g/mol. The Balaban J connectivity index is 1.45. The summed E-state index contributed by atoms with van der Waals surface area (Å²) in [6.45, 7) is 10.6. The molecule has 8 heteroatoms. The third-order valence-electron chi connectivity index (χ3n) is 8.16. The fraction of sp³-hybridized carbons (Fsp3) is 0.800. The maximum absolute atomic E-state index is 13.0. The minimum atomic E-state index is -4.18. The molecule has 1 aromatic heterocycles. The maximum atomic E-state index is 13.0. The van der Waals surface area contributed by atoms with Crippen LogP contribution in [-0.2, 0) is 0 Å². The quantitative estimate of drug-likeness (QED) is 0.666. The van der Waals surface area contributed by atoms with E-state index in [0.717, 1.165) is 36.5 Å². The molecule has 0 radical (unpaired) electrons. The second-order valence-corrected chi connectivity index (χ2v) is 11.4. The summed E-state index contributed by atoms with van der Waals surface area (Å²) in [6, 6.07) is 4.12. The van der Waals surface area contributed by atoms with Gasteiger partial charge in [-0.1, -0.05) is 13.8 Å². The van der Waals surface area contributed by atoms with Crippen molar-refractivity contribution in [2.45, 2.75) is 90.1 Å². The first-order valence-electron chi connectivity index (χ1n) is 12.4. The summed E-state index contributed by atoms with van der Waals surface area (Å²) in [5.74, 6) is 2.58. The van der Waals surface area contributed by atoms with Gasteiger partial charge in [0.05, 0.1) is 17.9 Å². The van der Waals surface area contributed by atoms with Gasteiger partial charge in [-0.3, -0.25) is 4.90 Å². The molecule has 2 saturated carbocycles. The molecule has 4 rings (SSSR count). The Morgan fingerprint density at radius 1 is 1.09 bits per heavy atom. The van der Waals surface area contributed by atoms with Gasteiger partial charge in [0, 0.05) is 36.8 Å². The molecule has 2 aliphatic carbocycles. The Labute approximate surface area is 196 Å². The van der Waals surface area contributed by atoms with Gasteiger partial charge in [-0.2, -0.15) is 13.2 Å². The number of anilines is 2. The van der Waals surface area contributed by atoms with E-state index in [0.29, 0.717) is 36.9 Å². The highest BCUT2D eigenvalue weighted by atomic mass is 19.4. The first kappa shape index (κ1) is 24.6. The molecule has 1 saturated heterocycles. The number of aromatic nitrogens is 1. The topological polar surface area (TPSA) is 57.4 Å². The third kappa shape index (κ3) is 5.42. The molecule has 0 amide bonds. The molecule has 2 heterocycles. The van der Waals surface area contributed by atoms with E-state index in [4.69, 9.17) is 10.7 Å². The van der Waals surface area contributed by atoms with Crippen molar-refractivity contribution in [3.05, 3.63) is 17.8 Å². The zero-order valence-corrected chi connectivity index (χ0v) is 20.6.